The van der Waals surface area contributed by atoms with Gasteiger partial charge in [-0.15, -0.1) is 0 Å². The highest BCUT2D eigenvalue weighted by Crippen LogP contribution is 2.27. The lowest BCUT2D eigenvalue weighted by molar-refractivity contribution is -0.0313. The Morgan fingerprint density at radius 2 is 2.24 bits per heavy atom. The van der Waals surface area contributed by atoms with Crippen molar-refractivity contribution in [1.29, 1.82) is 0 Å². The first-order valence-electron chi connectivity index (χ1n) is 7.31. The molecule has 2 amide bonds. The van der Waals surface area contributed by atoms with E-state index in [1.165, 1.54) is 5.56 Å². The Morgan fingerprint density at radius 3 is 2.95 bits per heavy atom. The zero-order chi connectivity index (χ0) is 15.2. The number of unbranched alkanes of at least 4 members (excludes halogenated alkanes) is 1. The number of aryl methyl sites for hydroxylation is 1. The van der Waals surface area contributed by atoms with Crippen LogP contribution in [0.25, 0.3) is 6.08 Å². The summed E-state index contributed by atoms with van der Waals surface area (Å²) in [6.45, 7) is 3.04. The summed E-state index contributed by atoms with van der Waals surface area (Å²) in [5.74, 6) is 0.903. The monoisotopic (exact) mass is 290 g/mol. The maximum atomic E-state index is 10.8. The number of carbonyl (C=O) groups is 1. The van der Waals surface area contributed by atoms with Crippen LogP contribution in [0.2, 0.25) is 0 Å². The van der Waals surface area contributed by atoms with E-state index in [9.17, 15) is 10.0 Å². The molecule has 2 rings (SSSR count). The number of nitrogens with two attached hydrogens (primary N) is 1. The number of nitrogens with zero attached hydrogens (tertiary/aromatic N) is 1. The maximum Gasteiger partial charge on any atom is 0.338 e. The molecule has 0 aliphatic heterocycles. The van der Waals surface area contributed by atoms with Gasteiger partial charge in [-0.05, 0) is 48.1 Å². The molecule has 0 atom stereocenters. The van der Waals surface area contributed by atoms with Crippen LogP contribution in [0.4, 0.5) is 4.79 Å². The minimum Gasteiger partial charge on any atom is -0.494 e. The minimum absolute atomic E-state index is 0.156. The van der Waals surface area contributed by atoms with Gasteiger partial charge in [-0.3, -0.25) is 5.21 Å². The topological polar surface area (TPSA) is 75.8 Å². The van der Waals surface area contributed by atoms with Crippen molar-refractivity contribution in [2.75, 3.05) is 13.2 Å². The van der Waals surface area contributed by atoms with Gasteiger partial charge in [0, 0.05) is 0 Å². The Hall–Kier alpha value is -2.01. The highest BCUT2D eigenvalue weighted by atomic mass is 16.5. The normalized spacial score (nSPS) is 13.3. The van der Waals surface area contributed by atoms with Crippen LogP contribution in [0.3, 0.4) is 0 Å². The number of ether oxygens (including phenoxy) is 1. The van der Waals surface area contributed by atoms with Crippen LogP contribution < -0.4 is 10.5 Å². The van der Waals surface area contributed by atoms with E-state index in [1.54, 1.807) is 0 Å². The first kappa shape index (κ1) is 15.4. The van der Waals surface area contributed by atoms with E-state index >= 15 is 0 Å². The molecule has 0 saturated heterocycles. The van der Waals surface area contributed by atoms with Crippen molar-refractivity contribution in [2.45, 2.75) is 32.6 Å². The first-order chi connectivity index (χ1) is 10.1. The molecule has 3 N–H and O–H groups in total. The van der Waals surface area contributed by atoms with E-state index in [0.717, 1.165) is 49.2 Å². The molecule has 114 valence electrons. The van der Waals surface area contributed by atoms with Crippen LogP contribution in [0.15, 0.2) is 23.8 Å². The summed E-state index contributed by atoms with van der Waals surface area (Å²) in [7, 11) is 0. The highest BCUT2D eigenvalue weighted by Gasteiger charge is 2.15. The fourth-order valence-electron chi connectivity index (χ4n) is 2.35. The average molecular weight is 290 g/mol. The average Bonchev–Trinajstić information content (AvgIpc) is 2.47. The number of hydrogen-bond donors (Lipinski definition) is 2. The number of hydrogen-bond acceptors (Lipinski definition) is 3. The van der Waals surface area contributed by atoms with Crippen molar-refractivity contribution in [3.05, 3.63) is 34.9 Å². The molecule has 0 unspecified atom stereocenters. The number of primary amides is 1. The fraction of sp³-hybridized carbons (Fsp3) is 0.438. The van der Waals surface area contributed by atoms with Gasteiger partial charge in [0.1, 0.15) is 5.75 Å². The largest absolute Gasteiger partial charge is 0.494 e. The Balaban J connectivity index is 2.04. The van der Waals surface area contributed by atoms with Crippen LogP contribution in [-0.4, -0.2) is 29.5 Å². The zero-order valence-electron chi connectivity index (χ0n) is 12.3. The fourth-order valence-corrected chi connectivity index (χ4v) is 2.35. The summed E-state index contributed by atoms with van der Waals surface area (Å²) in [6.07, 6.45) is 5.85. The number of hydroxylamine groups is 2. The van der Waals surface area contributed by atoms with Crippen molar-refractivity contribution >= 4 is 12.1 Å². The molecule has 0 fully saturated rings. The van der Waals surface area contributed by atoms with E-state index in [1.807, 2.05) is 18.2 Å². The van der Waals surface area contributed by atoms with Gasteiger partial charge in [0.05, 0.1) is 13.2 Å². The number of benzene rings is 1. The van der Waals surface area contributed by atoms with Crippen molar-refractivity contribution in [2.24, 2.45) is 5.73 Å². The van der Waals surface area contributed by atoms with Gasteiger partial charge in [-0.25, -0.2) is 9.86 Å². The van der Waals surface area contributed by atoms with Crippen molar-refractivity contribution in [1.82, 2.24) is 5.06 Å². The smallest absolute Gasteiger partial charge is 0.338 e. The van der Waals surface area contributed by atoms with Crippen molar-refractivity contribution < 1.29 is 14.7 Å². The summed E-state index contributed by atoms with van der Waals surface area (Å²) < 4.78 is 5.71. The summed E-state index contributed by atoms with van der Waals surface area (Å²) in [6, 6.07) is 5.21. The molecule has 0 bridgehead atoms. The van der Waals surface area contributed by atoms with E-state index in [4.69, 9.17) is 10.5 Å². The molecule has 1 aromatic carbocycles. The number of carbonyl (C=O) groups excluding carboxylic acids is 1. The second-order valence-corrected chi connectivity index (χ2v) is 5.26. The van der Waals surface area contributed by atoms with Crippen LogP contribution in [0, 0.1) is 0 Å². The molecule has 1 aromatic rings. The highest BCUT2D eigenvalue weighted by molar-refractivity contribution is 5.71. The van der Waals surface area contributed by atoms with Gasteiger partial charge < -0.3 is 10.5 Å². The van der Waals surface area contributed by atoms with Crippen LogP contribution >= 0.6 is 0 Å². The molecule has 0 aromatic heterocycles. The summed E-state index contributed by atoms with van der Waals surface area (Å²) in [5, 5.41) is 9.93. The second-order valence-electron chi connectivity index (χ2n) is 5.26. The third-order valence-corrected chi connectivity index (χ3v) is 3.56. The molecular formula is C16H22N2O3. The molecule has 5 nitrogen and oxygen atoms in total. The number of fused-ring (bicyclic) bond motifs is 1. The van der Waals surface area contributed by atoms with Gasteiger partial charge in [0.2, 0.25) is 0 Å². The second kappa shape index (κ2) is 7.13. The third-order valence-electron chi connectivity index (χ3n) is 3.56. The molecule has 1 aliphatic rings. The molecule has 0 saturated carbocycles. The van der Waals surface area contributed by atoms with E-state index in [2.05, 4.69) is 13.0 Å². The molecule has 0 heterocycles. The van der Waals surface area contributed by atoms with Crippen molar-refractivity contribution in [3.8, 4) is 5.75 Å². The Labute approximate surface area is 125 Å². The van der Waals surface area contributed by atoms with Gasteiger partial charge in [0.25, 0.3) is 0 Å². The summed E-state index contributed by atoms with van der Waals surface area (Å²) >= 11 is 0. The van der Waals surface area contributed by atoms with E-state index < -0.39 is 6.03 Å². The number of urea groups is 1. The quantitative estimate of drug-likeness (QED) is 0.480. The summed E-state index contributed by atoms with van der Waals surface area (Å²) in [4.78, 5) is 10.8. The molecule has 0 spiro atoms. The number of amides is 2. The Morgan fingerprint density at radius 1 is 1.43 bits per heavy atom. The zero-order valence-corrected chi connectivity index (χ0v) is 12.3. The predicted molar refractivity (Wildman–Crippen MR) is 81.2 cm³/mol. The summed E-state index contributed by atoms with van der Waals surface area (Å²) in [5.41, 5.74) is 8.35. The molecule has 0 radical (unpaired) electrons. The van der Waals surface area contributed by atoms with Crippen LogP contribution in [-0.2, 0) is 6.42 Å². The van der Waals surface area contributed by atoms with Gasteiger partial charge in [-0.2, -0.15) is 0 Å². The van der Waals surface area contributed by atoms with Crippen LogP contribution in [0.5, 0.6) is 5.75 Å². The lowest BCUT2D eigenvalue weighted by Gasteiger charge is -2.20. The lowest BCUT2D eigenvalue weighted by atomic mass is 9.92. The Bertz CT molecular complexity index is 540. The lowest BCUT2D eigenvalue weighted by Crippen LogP contribution is -2.34. The maximum absolute atomic E-state index is 10.8. The number of rotatable bonds is 6. The van der Waals surface area contributed by atoms with Gasteiger partial charge >= 0.3 is 6.03 Å². The van der Waals surface area contributed by atoms with Gasteiger partial charge in [-0.1, -0.05) is 25.5 Å². The molecule has 1 aliphatic carbocycles. The van der Waals surface area contributed by atoms with Gasteiger partial charge in [0.15, 0.2) is 0 Å². The van der Waals surface area contributed by atoms with E-state index in [0.29, 0.717) is 5.06 Å². The standard InChI is InChI=1S/C16H22N2O3/c1-2-3-8-21-15-7-6-13-9-12(4-5-14(13)10-15)11-18(20)16(17)19/h6-7,9-10,20H,2-5,8,11H2,1H3,(H2,17,19). The van der Waals surface area contributed by atoms with Crippen LogP contribution in [0.1, 0.15) is 37.3 Å². The third kappa shape index (κ3) is 4.23. The van der Waals surface area contributed by atoms with E-state index in [-0.39, 0.29) is 6.54 Å². The Kier molecular flexibility index (Phi) is 5.22. The SMILES string of the molecule is CCCCOc1ccc2c(c1)CCC(CN(O)C(N)=O)=C2. The molecule has 5 heteroatoms. The minimum atomic E-state index is -0.832. The first-order valence-corrected chi connectivity index (χ1v) is 7.31. The van der Waals surface area contributed by atoms with Crippen molar-refractivity contribution in [3.63, 3.8) is 0 Å². The molecule has 21 heavy (non-hydrogen) atoms. The molecular weight excluding hydrogens is 268 g/mol. The predicted octanol–water partition coefficient (Wildman–Crippen LogP) is 2.96.